The van der Waals surface area contributed by atoms with E-state index in [0.29, 0.717) is 22.4 Å². The molecule has 8 heteroatoms. The van der Waals surface area contributed by atoms with E-state index in [9.17, 15) is 9.59 Å². The largest absolute Gasteiger partial charge is 0.497 e. The Morgan fingerprint density at radius 2 is 1.57 bits per heavy atom. The molecule has 0 aliphatic rings. The van der Waals surface area contributed by atoms with Gasteiger partial charge in [-0.3, -0.25) is 4.79 Å². The first kappa shape index (κ1) is 21.4. The number of hydrazone groups is 1. The highest BCUT2D eigenvalue weighted by Crippen LogP contribution is 2.34. The normalized spacial score (nSPS) is 10.6. The Balaban J connectivity index is 1.67. The lowest BCUT2D eigenvalue weighted by Gasteiger charge is -2.09. The van der Waals surface area contributed by atoms with Gasteiger partial charge < -0.3 is 9.47 Å². The van der Waals surface area contributed by atoms with Crippen LogP contribution in [0.25, 0.3) is 0 Å². The number of rotatable bonds is 6. The third-order valence-electron chi connectivity index (χ3n) is 3.96. The SMILES string of the molecule is COc1ccc(C(=O)N/N=C\c2cc(Cl)c(OC(=O)c3ccccc3)c(Cl)c2)cc1. The number of carbonyl (C=O) groups is 2. The maximum Gasteiger partial charge on any atom is 0.343 e. The van der Waals surface area contributed by atoms with Gasteiger partial charge in [0.15, 0.2) is 5.75 Å². The molecule has 0 heterocycles. The van der Waals surface area contributed by atoms with Crippen LogP contribution in [0.5, 0.6) is 11.5 Å². The molecule has 3 aromatic rings. The van der Waals surface area contributed by atoms with Crippen molar-refractivity contribution in [2.24, 2.45) is 5.10 Å². The number of benzene rings is 3. The van der Waals surface area contributed by atoms with E-state index >= 15 is 0 Å². The average molecular weight is 443 g/mol. The lowest BCUT2D eigenvalue weighted by Crippen LogP contribution is -2.17. The van der Waals surface area contributed by atoms with Gasteiger partial charge in [-0.15, -0.1) is 0 Å². The lowest BCUT2D eigenvalue weighted by molar-refractivity contribution is 0.0734. The van der Waals surface area contributed by atoms with Crippen LogP contribution in [0.1, 0.15) is 26.3 Å². The molecule has 0 unspecified atom stereocenters. The fourth-order valence-corrected chi connectivity index (χ4v) is 3.03. The second-order valence-corrected chi connectivity index (χ2v) is 6.81. The number of hydrogen-bond donors (Lipinski definition) is 1. The number of esters is 1. The molecule has 3 rings (SSSR count). The molecule has 0 fully saturated rings. The Hall–Kier alpha value is -3.35. The summed E-state index contributed by atoms with van der Waals surface area (Å²) in [6.07, 6.45) is 1.38. The molecule has 152 valence electrons. The summed E-state index contributed by atoms with van der Waals surface area (Å²) in [6.45, 7) is 0. The molecule has 1 amide bonds. The Labute approximate surface area is 183 Å². The number of ether oxygens (including phenoxy) is 2. The number of amides is 1. The summed E-state index contributed by atoms with van der Waals surface area (Å²) in [5.41, 5.74) is 3.72. The highest BCUT2D eigenvalue weighted by Gasteiger charge is 2.15. The summed E-state index contributed by atoms with van der Waals surface area (Å²) in [6, 6.07) is 18.1. The summed E-state index contributed by atoms with van der Waals surface area (Å²) >= 11 is 12.4. The van der Waals surface area contributed by atoms with Crippen LogP contribution >= 0.6 is 23.2 Å². The molecule has 0 atom stereocenters. The van der Waals surface area contributed by atoms with Crippen LogP contribution in [0.4, 0.5) is 0 Å². The van der Waals surface area contributed by atoms with Crippen molar-refractivity contribution in [2.45, 2.75) is 0 Å². The van der Waals surface area contributed by atoms with Crippen molar-refractivity contribution in [2.75, 3.05) is 7.11 Å². The summed E-state index contributed by atoms with van der Waals surface area (Å²) < 4.78 is 10.4. The Kier molecular flexibility index (Phi) is 7.06. The number of nitrogens with zero attached hydrogens (tertiary/aromatic N) is 1. The Bertz CT molecular complexity index is 1060. The second-order valence-electron chi connectivity index (χ2n) is 6.00. The minimum absolute atomic E-state index is 0.0478. The first-order valence-electron chi connectivity index (χ1n) is 8.71. The minimum atomic E-state index is -0.576. The topological polar surface area (TPSA) is 77.0 Å². The molecule has 0 radical (unpaired) electrons. The molecule has 0 aliphatic carbocycles. The maximum atomic E-state index is 12.2. The highest BCUT2D eigenvalue weighted by atomic mass is 35.5. The molecule has 6 nitrogen and oxygen atoms in total. The molecule has 30 heavy (non-hydrogen) atoms. The van der Waals surface area contributed by atoms with Gasteiger partial charge in [0, 0.05) is 5.56 Å². The predicted octanol–water partition coefficient (Wildman–Crippen LogP) is 4.99. The summed E-state index contributed by atoms with van der Waals surface area (Å²) in [5.74, 6) is -0.272. The predicted molar refractivity (Wildman–Crippen MR) is 116 cm³/mol. The third-order valence-corrected chi connectivity index (χ3v) is 4.52. The molecule has 3 aromatic carbocycles. The van der Waals surface area contributed by atoms with Gasteiger partial charge in [0.1, 0.15) is 5.75 Å². The van der Waals surface area contributed by atoms with E-state index in [4.69, 9.17) is 32.7 Å². The van der Waals surface area contributed by atoms with E-state index in [1.165, 1.54) is 18.3 Å². The van der Waals surface area contributed by atoms with Gasteiger partial charge in [-0.25, -0.2) is 10.2 Å². The zero-order valence-electron chi connectivity index (χ0n) is 15.8. The zero-order chi connectivity index (χ0) is 21.5. The number of methoxy groups -OCH3 is 1. The summed E-state index contributed by atoms with van der Waals surface area (Å²) in [5, 5.41) is 4.17. The van der Waals surface area contributed by atoms with Crippen LogP contribution in [-0.4, -0.2) is 25.2 Å². The highest BCUT2D eigenvalue weighted by molar-refractivity contribution is 6.37. The van der Waals surface area contributed by atoms with Gasteiger partial charge in [0.05, 0.1) is 28.9 Å². The van der Waals surface area contributed by atoms with E-state index in [-0.39, 0.29) is 21.7 Å². The average Bonchev–Trinajstić information content (AvgIpc) is 2.76. The van der Waals surface area contributed by atoms with Crippen LogP contribution in [0.2, 0.25) is 10.0 Å². The molecular formula is C22H16Cl2N2O4. The van der Waals surface area contributed by atoms with Crippen LogP contribution in [0.3, 0.4) is 0 Å². The molecule has 1 N–H and O–H groups in total. The second kappa shape index (κ2) is 9.91. The van der Waals surface area contributed by atoms with E-state index in [1.807, 2.05) is 0 Å². The fraction of sp³-hybridized carbons (Fsp3) is 0.0455. The van der Waals surface area contributed by atoms with E-state index in [1.54, 1.807) is 61.7 Å². The van der Waals surface area contributed by atoms with Crippen molar-refractivity contribution >= 4 is 41.3 Å². The van der Waals surface area contributed by atoms with Crippen LogP contribution in [0.15, 0.2) is 71.8 Å². The molecular weight excluding hydrogens is 427 g/mol. The lowest BCUT2D eigenvalue weighted by atomic mass is 10.2. The van der Waals surface area contributed by atoms with E-state index < -0.39 is 5.97 Å². The van der Waals surface area contributed by atoms with Gasteiger partial charge in [-0.2, -0.15) is 5.10 Å². The van der Waals surface area contributed by atoms with Crippen molar-refractivity contribution in [1.82, 2.24) is 5.43 Å². The Morgan fingerprint density at radius 3 is 2.17 bits per heavy atom. The first-order chi connectivity index (χ1) is 14.5. The Morgan fingerprint density at radius 1 is 0.933 bits per heavy atom. The number of carbonyl (C=O) groups excluding carboxylic acids is 2. The smallest absolute Gasteiger partial charge is 0.343 e. The maximum absolute atomic E-state index is 12.2. The fourth-order valence-electron chi connectivity index (χ4n) is 2.45. The van der Waals surface area contributed by atoms with Gasteiger partial charge in [-0.1, -0.05) is 41.4 Å². The van der Waals surface area contributed by atoms with E-state index in [0.717, 1.165) is 0 Å². The van der Waals surface area contributed by atoms with Crippen molar-refractivity contribution in [1.29, 1.82) is 0 Å². The number of hydrogen-bond acceptors (Lipinski definition) is 5. The molecule has 0 aliphatic heterocycles. The monoisotopic (exact) mass is 442 g/mol. The van der Waals surface area contributed by atoms with Gasteiger partial charge in [0.2, 0.25) is 0 Å². The van der Waals surface area contributed by atoms with Crippen molar-refractivity contribution in [3.63, 3.8) is 0 Å². The molecule has 0 spiro atoms. The van der Waals surface area contributed by atoms with Crippen LogP contribution in [0, 0.1) is 0 Å². The van der Waals surface area contributed by atoms with E-state index in [2.05, 4.69) is 10.5 Å². The first-order valence-corrected chi connectivity index (χ1v) is 9.47. The van der Waals surface area contributed by atoms with Crippen molar-refractivity contribution in [3.05, 3.63) is 93.5 Å². The number of nitrogens with one attached hydrogen (secondary N) is 1. The standard InChI is InChI=1S/C22H16Cl2N2O4/c1-29-17-9-7-15(8-10-17)21(27)26-25-13-14-11-18(23)20(19(24)12-14)30-22(28)16-5-3-2-4-6-16/h2-13H,1H3,(H,26,27)/b25-13-. The van der Waals surface area contributed by atoms with Crippen molar-refractivity contribution in [3.8, 4) is 11.5 Å². The van der Waals surface area contributed by atoms with Crippen LogP contribution < -0.4 is 14.9 Å². The zero-order valence-corrected chi connectivity index (χ0v) is 17.3. The van der Waals surface area contributed by atoms with Gasteiger partial charge in [0.25, 0.3) is 5.91 Å². The van der Waals surface area contributed by atoms with Crippen LogP contribution in [-0.2, 0) is 0 Å². The number of halogens is 2. The molecule has 0 saturated heterocycles. The van der Waals surface area contributed by atoms with Crippen molar-refractivity contribution < 1.29 is 19.1 Å². The van der Waals surface area contributed by atoms with Gasteiger partial charge >= 0.3 is 5.97 Å². The third kappa shape index (κ3) is 5.37. The quantitative estimate of drug-likeness (QED) is 0.252. The summed E-state index contributed by atoms with van der Waals surface area (Å²) in [4.78, 5) is 24.3. The molecule has 0 aromatic heterocycles. The minimum Gasteiger partial charge on any atom is -0.497 e. The molecule has 0 bridgehead atoms. The molecule has 0 saturated carbocycles. The van der Waals surface area contributed by atoms with Gasteiger partial charge in [-0.05, 0) is 54.1 Å². The summed E-state index contributed by atoms with van der Waals surface area (Å²) in [7, 11) is 1.55.